The van der Waals surface area contributed by atoms with E-state index in [1.165, 1.54) is 24.5 Å². The summed E-state index contributed by atoms with van der Waals surface area (Å²) in [7, 11) is 0. The Kier molecular flexibility index (Phi) is 1.44. The third-order valence-electron chi connectivity index (χ3n) is 0.943. The fourth-order valence-corrected chi connectivity index (χ4v) is 0.503. The highest BCUT2D eigenvalue weighted by Crippen LogP contribution is 1.92. The van der Waals surface area contributed by atoms with Crippen molar-refractivity contribution >= 4 is 5.91 Å². The quantitative estimate of drug-likeness (QED) is 0.543. The van der Waals surface area contributed by atoms with Gasteiger partial charge in [-0.2, -0.15) is 0 Å². The van der Waals surface area contributed by atoms with Crippen LogP contribution in [0.25, 0.3) is 0 Å². The number of rotatable bonds is 1. The first kappa shape index (κ1) is 5.75. The van der Waals surface area contributed by atoms with E-state index in [2.05, 4.69) is 4.98 Å². The number of nitrogens with zero attached hydrogens (tertiary/aromatic N) is 1. The van der Waals surface area contributed by atoms with Crippen molar-refractivity contribution in [3.05, 3.63) is 30.1 Å². The van der Waals surface area contributed by atoms with E-state index >= 15 is 0 Å². The van der Waals surface area contributed by atoms with Gasteiger partial charge in [0.1, 0.15) is 0 Å². The Hall–Kier alpha value is -1.38. The van der Waals surface area contributed by atoms with E-state index in [9.17, 15) is 4.79 Å². The number of carbonyl (C=O) groups is 1. The number of nitrogens with one attached hydrogen (secondary N) is 1. The summed E-state index contributed by atoms with van der Waals surface area (Å²) < 4.78 is 0. The van der Waals surface area contributed by atoms with Gasteiger partial charge in [0.05, 0.1) is 0 Å². The van der Waals surface area contributed by atoms with Crippen LogP contribution in [-0.2, 0) is 0 Å². The third-order valence-corrected chi connectivity index (χ3v) is 0.943. The van der Waals surface area contributed by atoms with E-state index in [-0.39, 0.29) is 0 Å². The smallest absolute Gasteiger partial charge is 0.267 e. The summed E-state index contributed by atoms with van der Waals surface area (Å²) >= 11 is 0. The SMILES string of the molecule is [NH]C(=O)c1ccncc1. The normalized spacial score (nSPS) is 8.89. The zero-order valence-electron chi connectivity index (χ0n) is 4.66. The van der Waals surface area contributed by atoms with E-state index in [4.69, 9.17) is 5.73 Å². The first-order valence-corrected chi connectivity index (χ1v) is 2.46. The minimum absolute atomic E-state index is 0.380. The predicted molar refractivity (Wildman–Crippen MR) is 31.7 cm³/mol. The Morgan fingerprint density at radius 1 is 1.44 bits per heavy atom. The van der Waals surface area contributed by atoms with Crippen molar-refractivity contribution in [1.82, 2.24) is 10.7 Å². The summed E-state index contributed by atoms with van der Waals surface area (Å²) in [5.74, 6) is -0.669. The van der Waals surface area contributed by atoms with E-state index in [1.54, 1.807) is 0 Å². The average Bonchev–Trinajstić information content (AvgIpc) is 1.90. The third kappa shape index (κ3) is 1.25. The summed E-state index contributed by atoms with van der Waals surface area (Å²) in [6.07, 6.45) is 2.98. The number of hydrogen-bond donors (Lipinski definition) is 0. The Bertz CT molecular complexity index is 208. The maximum Gasteiger partial charge on any atom is 0.269 e. The molecule has 1 aromatic heterocycles. The maximum absolute atomic E-state index is 10.3. The largest absolute Gasteiger partial charge is 0.269 e. The van der Waals surface area contributed by atoms with E-state index < -0.39 is 5.91 Å². The minimum atomic E-state index is -0.669. The fraction of sp³-hybridized carbons (Fsp3) is 0. The van der Waals surface area contributed by atoms with Crippen molar-refractivity contribution in [3.8, 4) is 0 Å². The maximum atomic E-state index is 10.3. The highest BCUT2D eigenvalue weighted by Gasteiger charge is 1.95. The van der Waals surface area contributed by atoms with Crippen LogP contribution in [0.4, 0.5) is 0 Å². The summed E-state index contributed by atoms with van der Waals surface area (Å²) in [4.78, 5) is 14.0. The molecular weight excluding hydrogens is 116 g/mol. The molecule has 0 aliphatic carbocycles. The molecule has 0 bridgehead atoms. The van der Waals surface area contributed by atoms with Crippen molar-refractivity contribution in [2.24, 2.45) is 0 Å². The Labute approximate surface area is 52.5 Å². The number of aromatic nitrogens is 1. The fourth-order valence-electron chi connectivity index (χ4n) is 0.503. The monoisotopic (exact) mass is 121 g/mol. The lowest BCUT2D eigenvalue weighted by Crippen LogP contribution is -1.97. The lowest BCUT2D eigenvalue weighted by Gasteiger charge is -1.87. The second-order valence-electron chi connectivity index (χ2n) is 1.57. The van der Waals surface area contributed by atoms with Gasteiger partial charge < -0.3 is 0 Å². The standard InChI is InChI=1S/C6H5N2O/c7-6(9)5-1-3-8-4-2-5/h1-4,7H. The molecule has 9 heavy (non-hydrogen) atoms. The molecule has 0 spiro atoms. The van der Waals surface area contributed by atoms with Crippen LogP contribution >= 0.6 is 0 Å². The Morgan fingerprint density at radius 3 is 2.33 bits per heavy atom. The highest BCUT2D eigenvalue weighted by atomic mass is 16.1. The van der Waals surface area contributed by atoms with Crippen molar-refractivity contribution in [3.63, 3.8) is 0 Å². The summed E-state index contributed by atoms with van der Waals surface area (Å²) in [5.41, 5.74) is 7.03. The lowest BCUT2D eigenvalue weighted by atomic mass is 10.3. The molecule has 0 aliphatic rings. The van der Waals surface area contributed by atoms with Crippen LogP contribution in [0.3, 0.4) is 0 Å². The summed E-state index contributed by atoms with van der Waals surface area (Å²) in [6, 6.07) is 3.02. The van der Waals surface area contributed by atoms with E-state index in [1.807, 2.05) is 0 Å². The average molecular weight is 121 g/mol. The molecule has 0 aromatic carbocycles. The zero-order valence-corrected chi connectivity index (χ0v) is 4.66. The van der Waals surface area contributed by atoms with Crippen LogP contribution in [0.5, 0.6) is 0 Å². The van der Waals surface area contributed by atoms with Gasteiger partial charge in [-0.15, -0.1) is 0 Å². The first-order chi connectivity index (χ1) is 4.30. The lowest BCUT2D eigenvalue weighted by molar-refractivity contribution is 0.0992. The molecule has 1 aromatic rings. The van der Waals surface area contributed by atoms with Crippen molar-refractivity contribution in [2.75, 3.05) is 0 Å². The Morgan fingerprint density at radius 2 is 2.00 bits per heavy atom. The molecule has 1 rings (SSSR count). The summed E-state index contributed by atoms with van der Waals surface area (Å²) in [6.45, 7) is 0. The van der Waals surface area contributed by atoms with Gasteiger partial charge in [-0.05, 0) is 12.1 Å². The molecule has 0 atom stereocenters. The first-order valence-electron chi connectivity index (χ1n) is 2.46. The predicted octanol–water partition coefficient (Wildman–Crippen LogP) is 0.505. The van der Waals surface area contributed by atoms with Gasteiger partial charge in [-0.1, -0.05) is 0 Å². The van der Waals surface area contributed by atoms with Crippen LogP contribution in [0.1, 0.15) is 10.4 Å². The highest BCUT2D eigenvalue weighted by molar-refractivity contribution is 5.91. The van der Waals surface area contributed by atoms with Gasteiger partial charge in [0, 0.05) is 18.0 Å². The molecule has 3 nitrogen and oxygen atoms in total. The zero-order chi connectivity index (χ0) is 6.69. The van der Waals surface area contributed by atoms with Gasteiger partial charge in [0.2, 0.25) is 0 Å². The van der Waals surface area contributed by atoms with Crippen molar-refractivity contribution in [2.45, 2.75) is 0 Å². The number of amides is 1. The topological polar surface area (TPSA) is 53.8 Å². The van der Waals surface area contributed by atoms with Crippen LogP contribution in [0.2, 0.25) is 0 Å². The molecule has 3 heteroatoms. The molecule has 0 unspecified atom stereocenters. The van der Waals surface area contributed by atoms with Gasteiger partial charge in [0.15, 0.2) is 0 Å². The van der Waals surface area contributed by atoms with Crippen LogP contribution < -0.4 is 5.73 Å². The molecule has 0 saturated heterocycles. The van der Waals surface area contributed by atoms with Gasteiger partial charge >= 0.3 is 0 Å². The molecule has 1 radical (unpaired) electrons. The number of pyridine rings is 1. The molecule has 0 saturated carbocycles. The molecule has 1 amide bonds. The van der Waals surface area contributed by atoms with Crippen molar-refractivity contribution in [1.29, 1.82) is 0 Å². The van der Waals surface area contributed by atoms with Gasteiger partial charge in [0.25, 0.3) is 5.91 Å². The number of hydrogen-bond acceptors (Lipinski definition) is 2. The van der Waals surface area contributed by atoms with E-state index in [0.29, 0.717) is 5.56 Å². The van der Waals surface area contributed by atoms with Crippen molar-refractivity contribution < 1.29 is 4.79 Å². The van der Waals surface area contributed by atoms with Gasteiger partial charge in [-0.3, -0.25) is 15.5 Å². The molecule has 45 valence electrons. The number of carbonyl (C=O) groups excluding carboxylic acids is 1. The van der Waals surface area contributed by atoms with Crippen LogP contribution in [-0.4, -0.2) is 10.9 Å². The van der Waals surface area contributed by atoms with Gasteiger partial charge in [-0.25, -0.2) is 0 Å². The molecule has 0 aliphatic heterocycles. The second kappa shape index (κ2) is 2.26. The molecular formula is C6H5N2O. The summed E-state index contributed by atoms with van der Waals surface area (Å²) in [5, 5.41) is 0. The van der Waals surface area contributed by atoms with Crippen LogP contribution in [0, 0.1) is 0 Å². The molecule has 1 heterocycles. The van der Waals surface area contributed by atoms with E-state index in [0.717, 1.165) is 0 Å². The molecule has 0 fully saturated rings. The molecule has 1 N–H and O–H groups in total. The minimum Gasteiger partial charge on any atom is -0.267 e. The van der Waals surface area contributed by atoms with Crippen LogP contribution in [0.15, 0.2) is 24.5 Å². The Balaban J connectivity index is 2.98. The second-order valence-corrected chi connectivity index (χ2v) is 1.57.